The number of allylic oxidation sites excluding steroid dienone is 3. The van der Waals surface area contributed by atoms with Gasteiger partial charge in [0, 0.05) is 0 Å². The lowest BCUT2D eigenvalue weighted by atomic mass is 10.1. The Morgan fingerprint density at radius 1 is 1.42 bits per heavy atom. The van der Waals surface area contributed by atoms with Crippen LogP contribution < -0.4 is 10.5 Å². The van der Waals surface area contributed by atoms with Gasteiger partial charge in [0.1, 0.15) is 33.5 Å². The van der Waals surface area contributed by atoms with Crippen LogP contribution in [0.5, 0.6) is 5.75 Å². The quantitative estimate of drug-likeness (QED) is 0.393. The van der Waals surface area contributed by atoms with E-state index in [1.54, 1.807) is 6.08 Å². The van der Waals surface area contributed by atoms with E-state index >= 15 is 0 Å². The molecule has 0 spiro atoms. The summed E-state index contributed by atoms with van der Waals surface area (Å²) in [5, 5.41) is 18.0. The summed E-state index contributed by atoms with van der Waals surface area (Å²) in [5.41, 5.74) is 5.98. The Labute approximate surface area is 161 Å². The highest BCUT2D eigenvalue weighted by Crippen LogP contribution is 2.38. The summed E-state index contributed by atoms with van der Waals surface area (Å²) in [4.78, 5) is 16.0. The molecule has 0 bridgehead atoms. The van der Waals surface area contributed by atoms with E-state index in [0.29, 0.717) is 18.6 Å². The number of nitrogens with two attached hydrogens (primary N) is 1. The fraction of sp³-hybridized carbons (Fsp3) is 0.222. The Bertz CT molecular complexity index is 837. The molecule has 1 aromatic heterocycles. The van der Waals surface area contributed by atoms with Crippen molar-refractivity contribution in [3.8, 4) is 17.9 Å². The SMILES string of the molecule is C=C/C=C(\C=C)C(Sc1nc(Cl)c(C#N)c(OCCC)c1C#N)C(N)=O. The number of amides is 1. The van der Waals surface area contributed by atoms with Crippen molar-refractivity contribution >= 4 is 29.3 Å². The zero-order chi connectivity index (χ0) is 19.7. The van der Waals surface area contributed by atoms with Crippen LogP contribution in [0.4, 0.5) is 0 Å². The minimum absolute atomic E-state index is 0.0256. The molecule has 6 nitrogen and oxygen atoms in total. The Morgan fingerprint density at radius 2 is 2.08 bits per heavy atom. The van der Waals surface area contributed by atoms with Gasteiger partial charge in [0.25, 0.3) is 0 Å². The number of hydrogen-bond acceptors (Lipinski definition) is 6. The second-order valence-electron chi connectivity index (χ2n) is 4.87. The molecule has 1 unspecified atom stereocenters. The standard InChI is InChI=1S/C18H17ClN4O2S/c1-4-7-11(6-3)15(17(22)24)26-18-13(10-21)14(25-8-5-2)12(9-20)16(19)23-18/h4,6-7,15H,1,3,5,8H2,2H3,(H2,22,24)/b11-7+. The van der Waals surface area contributed by atoms with E-state index in [0.717, 1.165) is 11.8 Å². The molecule has 0 radical (unpaired) electrons. The van der Waals surface area contributed by atoms with Crippen LogP contribution >= 0.6 is 23.4 Å². The first-order valence-electron chi connectivity index (χ1n) is 7.52. The van der Waals surface area contributed by atoms with Crippen molar-refractivity contribution in [2.75, 3.05) is 6.61 Å². The fourth-order valence-corrected chi connectivity index (χ4v) is 3.26. The molecular formula is C18H17ClN4O2S. The van der Waals surface area contributed by atoms with Crippen molar-refractivity contribution < 1.29 is 9.53 Å². The van der Waals surface area contributed by atoms with E-state index in [1.165, 1.54) is 12.2 Å². The third kappa shape index (κ3) is 4.89. The van der Waals surface area contributed by atoms with E-state index in [1.807, 2.05) is 19.1 Å². The largest absolute Gasteiger partial charge is 0.491 e. The number of nitriles is 2. The van der Waals surface area contributed by atoms with E-state index in [9.17, 15) is 15.3 Å². The van der Waals surface area contributed by atoms with E-state index < -0.39 is 11.2 Å². The second kappa shape index (κ2) is 10.3. The topological polar surface area (TPSA) is 113 Å². The molecule has 1 heterocycles. The Kier molecular flexibility index (Phi) is 8.44. The summed E-state index contributed by atoms with van der Waals surface area (Å²) in [6, 6.07) is 3.87. The van der Waals surface area contributed by atoms with Crippen molar-refractivity contribution in [2.24, 2.45) is 5.73 Å². The molecule has 0 aliphatic rings. The molecule has 0 saturated carbocycles. The first-order chi connectivity index (χ1) is 12.4. The molecule has 0 saturated heterocycles. The minimum Gasteiger partial charge on any atom is -0.491 e. The number of ether oxygens (including phenoxy) is 1. The van der Waals surface area contributed by atoms with Crippen LogP contribution in [0, 0.1) is 22.7 Å². The van der Waals surface area contributed by atoms with E-state index in [2.05, 4.69) is 18.1 Å². The molecule has 0 fully saturated rings. The van der Waals surface area contributed by atoms with Gasteiger partial charge in [0.05, 0.1) is 6.61 Å². The second-order valence-corrected chi connectivity index (χ2v) is 6.32. The molecule has 0 aliphatic carbocycles. The number of carbonyl (C=O) groups is 1. The van der Waals surface area contributed by atoms with Crippen molar-refractivity contribution in [1.82, 2.24) is 4.98 Å². The van der Waals surface area contributed by atoms with Gasteiger partial charge in [-0.15, -0.1) is 0 Å². The first-order valence-corrected chi connectivity index (χ1v) is 8.78. The lowest BCUT2D eigenvalue weighted by Gasteiger charge is -2.17. The number of carbonyl (C=O) groups excluding carboxylic acids is 1. The van der Waals surface area contributed by atoms with Gasteiger partial charge in [-0.2, -0.15) is 10.5 Å². The number of rotatable bonds is 9. The van der Waals surface area contributed by atoms with Gasteiger partial charge in [-0.25, -0.2) is 4.98 Å². The smallest absolute Gasteiger partial charge is 0.235 e. The third-order valence-electron chi connectivity index (χ3n) is 3.08. The monoisotopic (exact) mass is 388 g/mol. The summed E-state index contributed by atoms with van der Waals surface area (Å²) in [6.07, 6.45) is 5.22. The van der Waals surface area contributed by atoms with Gasteiger partial charge >= 0.3 is 0 Å². The van der Waals surface area contributed by atoms with Crippen LogP contribution in [0.2, 0.25) is 5.15 Å². The number of primary amides is 1. The molecule has 26 heavy (non-hydrogen) atoms. The van der Waals surface area contributed by atoms with Crippen LogP contribution in [0.1, 0.15) is 24.5 Å². The Balaban J connectivity index is 3.54. The minimum atomic E-state index is -0.867. The highest BCUT2D eigenvalue weighted by Gasteiger charge is 2.26. The average molecular weight is 389 g/mol. The summed E-state index contributed by atoms with van der Waals surface area (Å²) in [5.74, 6) is -0.597. The van der Waals surface area contributed by atoms with Crippen molar-refractivity contribution in [1.29, 1.82) is 10.5 Å². The predicted molar refractivity (Wildman–Crippen MR) is 102 cm³/mol. The predicted octanol–water partition coefficient (Wildman–Crippen LogP) is 3.51. The van der Waals surface area contributed by atoms with Crippen molar-refractivity contribution in [3.05, 3.63) is 53.2 Å². The van der Waals surface area contributed by atoms with Gasteiger partial charge in [0.2, 0.25) is 5.91 Å². The fourth-order valence-electron chi connectivity index (χ4n) is 1.95. The number of pyridine rings is 1. The average Bonchev–Trinajstić information content (AvgIpc) is 2.62. The van der Waals surface area contributed by atoms with Crippen LogP contribution in [0.25, 0.3) is 0 Å². The van der Waals surface area contributed by atoms with Crippen molar-refractivity contribution in [3.63, 3.8) is 0 Å². The lowest BCUT2D eigenvalue weighted by Crippen LogP contribution is -2.27. The molecule has 134 valence electrons. The van der Waals surface area contributed by atoms with Gasteiger partial charge in [-0.3, -0.25) is 4.79 Å². The molecule has 1 aromatic rings. The van der Waals surface area contributed by atoms with Crippen LogP contribution in [0.15, 0.2) is 42.0 Å². The third-order valence-corrected chi connectivity index (χ3v) is 4.62. The van der Waals surface area contributed by atoms with Gasteiger partial charge in [0.15, 0.2) is 10.9 Å². The molecule has 0 aliphatic heterocycles. The van der Waals surface area contributed by atoms with E-state index in [4.69, 9.17) is 22.1 Å². The molecule has 1 amide bonds. The summed E-state index contributed by atoms with van der Waals surface area (Å²) < 4.78 is 5.55. The van der Waals surface area contributed by atoms with Crippen LogP contribution in [0.3, 0.4) is 0 Å². The maximum absolute atomic E-state index is 11.9. The first kappa shape index (κ1) is 21.3. The number of nitrogens with zero attached hydrogens (tertiary/aromatic N) is 3. The number of hydrogen-bond donors (Lipinski definition) is 1. The molecule has 1 atom stereocenters. The lowest BCUT2D eigenvalue weighted by molar-refractivity contribution is -0.116. The Morgan fingerprint density at radius 3 is 2.54 bits per heavy atom. The van der Waals surface area contributed by atoms with Crippen molar-refractivity contribution in [2.45, 2.75) is 23.6 Å². The molecule has 2 N–H and O–H groups in total. The van der Waals surface area contributed by atoms with Crippen LogP contribution in [-0.4, -0.2) is 22.7 Å². The zero-order valence-corrected chi connectivity index (χ0v) is 15.7. The molecular weight excluding hydrogens is 372 g/mol. The summed E-state index contributed by atoms with van der Waals surface area (Å²) in [6.45, 7) is 9.42. The summed E-state index contributed by atoms with van der Waals surface area (Å²) >= 11 is 7.01. The molecule has 1 rings (SSSR count). The van der Waals surface area contributed by atoms with Gasteiger partial charge in [-0.05, 0) is 12.0 Å². The number of halogens is 1. The highest BCUT2D eigenvalue weighted by atomic mass is 35.5. The van der Waals surface area contributed by atoms with Gasteiger partial charge in [-0.1, -0.05) is 61.7 Å². The van der Waals surface area contributed by atoms with Gasteiger partial charge < -0.3 is 10.5 Å². The van der Waals surface area contributed by atoms with Crippen LogP contribution in [-0.2, 0) is 4.79 Å². The zero-order valence-electron chi connectivity index (χ0n) is 14.2. The molecule has 0 aromatic carbocycles. The maximum atomic E-state index is 11.9. The number of aromatic nitrogens is 1. The summed E-state index contributed by atoms with van der Waals surface area (Å²) in [7, 11) is 0. The normalized spacial score (nSPS) is 11.8. The Hall–Kier alpha value is -2.74. The maximum Gasteiger partial charge on any atom is 0.235 e. The molecule has 8 heteroatoms. The number of thioether (sulfide) groups is 1. The highest BCUT2D eigenvalue weighted by molar-refractivity contribution is 8.00. The van der Waals surface area contributed by atoms with E-state index in [-0.39, 0.29) is 27.1 Å².